The van der Waals surface area contributed by atoms with E-state index in [0.29, 0.717) is 5.92 Å². The third-order valence-corrected chi connectivity index (χ3v) is 6.76. The predicted molar refractivity (Wildman–Crippen MR) is 118 cm³/mol. The molecule has 2 aliphatic rings. The van der Waals surface area contributed by atoms with E-state index in [0.717, 1.165) is 50.5 Å². The standard InChI is InChI=1S/C27H32O3/c1-2-3-12-22(16-15-19-10-6-4-7-11-19)26-25(28)24(27(29)30-26)23(21-17-18-21)20-13-8-5-9-14-20/h4-11,13-14,21-24,26H,2-3,12,15-18H2,1H3. The number of hydrogen-bond donors (Lipinski definition) is 0. The van der Waals surface area contributed by atoms with Gasteiger partial charge >= 0.3 is 5.97 Å². The van der Waals surface area contributed by atoms with Crippen LogP contribution in [0.5, 0.6) is 0 Å². The number of ketones is 1. The van der Waals surface area contributed by atoms with Crippen molar-refractivity contribution in [3.05, 3.63) is 71.8 Å². The summed E-state index contributed by atoms with van der Waals surface area (Å²) in [6, 6.07) is 20.5. The molecule has 0 spiro atoms. The molecule has 2 aromatic carbocycles. The van der Waals surface area contributed by atoms with Crippen molar-refractivity contribution >= 4 is 11.8 Å². The first kappa shape index (κ1) is 20.8. The summed E-state index contributed by atoms with van der Waals surface area (Å²) >= 11 is 0. The average molecular weight is 405 g/mol. The zero-order chi connectivity index (χ0) is 20.9. The number of ether oxygens (including phenoxy) is 1. The number of cyclic esters (lactones) is 1. The van der Waals surface area contributed by atoms with E-state index in [1.54, 1.807) is 0 Å². The molecule has 1 aliphatic carbocycles. The Morgan fingerprint density at radius 2 is 1.60 bits per heavy atom. The van der Waals surface area contributed by atoms with E-state index in [4.69, 9.17) is 4.74 Å². The highest BCUT2D eigenvalue weighted by Gasteiger charge is 2.53. The number of benzene rings is 2. The summed E-state index contributed by atoms with van der Waals surface area (Å²) in [6.45, 7) is 2.16. The largest absolute Gasteiger partial charge is 0.453 e. The van der Waals surface area contributed by atoms with Gasteiger partial charge < -0.3 is 4.74 Å². The van der Waals surface area contributed by atoms with Crippen LogP contribution < -0.4 is 0 Å². The molecule has 3 nitrogen and oxygen atoms in total. The second-order valence-electron chi connectivity index (χ2n) is 8.94. The molecule has 2 aromatic rings. The summed E-state index contributed by atoms with van der Waals surface area (Å²) in [5.41, 5.74) is 2.37. The first-order valence-electron chi connectivity index (χ1n) is 11.5. The second kappa shape index (κ2) is 9.59. The van der Waals surface area contributed by atoms with Gasteiger partial charge in [-0.05, 0) is 49.1 Å². The van der Waals surface area contributed by atoms with Gasteiger partial charge in [0.15, 0.2) is 11.9 Å². The number of unbranched alkanes of at least 4 members (excludes halogenated alkanes) is 1. The molecular weight excluding hydrogens is 372 g/mol. The van der Waals surface area contributed by atoms with Crippen LogP contribution in [-0.4, -0.2) is 17.9 Å². The SMILES string of the molecule is CCCCC(CCc1ccccc1)C1OC(=O)C(C(c2ccccc2)C2CC2)C1=O. The van der Waals surface area contributed by atoms with E-state index in [9.17, 15) is 9.59 Å². The number of rotatable bonds is 10. The average Bonchev–Trinajstić information content (AvgIpc) is 3.57. The molecular formula is C27H32O3. The van der Waals surface area contributed by atoms with Gasteiger partial charge in [0, 0.05) is 11.8 Å². The van der Waals surface area contributed by atoms with Gasteiger partial charge in [0.1, 0.15) is 5.92 Å². The van der Waals surface area contributed by atoms with Crippen molar-refractivity contribution in [3.8, 4) is 0 Å². The predicted octanol–water partition coefficient (Wildman–Crippen LogP) is 5.73. The Morgan fingerprint density at radius 1 is 0.933 bits per heavy atom. The van der Waals surface area contributed by atoms with Gasteiger partial charge in [0.05, 0.1) is 0 Å². The Morgan fingerprint density at radius 3 is 2.23 bits per heavy atom. The Kier molecular flexibility index (Phi) is 6.66. The number of aryl methyl sites for hydroxylation is 1. The lowest BCUT2D eigenvalue weighted by molar-refractivity contribution is -0.147. The van der Waals surface area contributed by atoms with E-state index in [2.05, 4.69) is 31.2 Å². The summed E-state index contributed by atoms with van der Waals surface area (Å²) in [4.78, 5) is 26.5. The molecule has 4 rings (SSSR count). The van der Waals surface area contributed by atoms with Crippen molar-refractivity contribution in [3.63, 3.8) is 0 Å². The third kappa shape index (κ3) is 4.66. The molecule has 30 heavy (non-hydrogen) atoms. The van der Waals surface area contributed by atoms with Crippen LogP contribution in [-0.2, 0) is 20.7 Å². The Bertz CT molecular complexity index is 841. The topological polar surface area (TPSA) is 43.4 Å². The minimum atomic E-state index is -0.634. The van der Waals surface area contributed by atoms with Gasteiger partial charge in [-0.15, -0.1) is 0 Å². The molecule has 0 N–H and O–H groups in total. The lowest BCUT2D eigenvalue weighted by Gasteiger charge is -2.23. The van der Waals surface area contributed by atoms with Crippen molar-refractivity contribution in [2.75, 3.05) is 0 Å². The maximum atomic E-state index is 13.5. The van der Waals surface area contributed by atoms with Crippen molar-refractivity contribution in [2.45, 2.75) is 63.9 Å². The highest BCUT2D eigenvalue weighted by molar-refractivity contribution is 6.07. The highest BCUT2D eigenvalue weighted by atomic mass is 16.6. The van der Waals surface area contributed by atoms with Crippen LogP contribution in [0.25, 0.3) is 0 Å². The lowest BCUT2D eigenvalue weighted by Crippen LogP contribution is -2.32. The van der Waals surface area contributed by atoms with Crippen LogP contribution in [0, 0.1) is 17.8 Å². The van der Waals surface area contributed by atoms with Crippen LogP contribution in [0.1, 0.15) is 62.5 Å². The molecule has 0 bridgehead atoms. The maximum Gasteiger partial charge on any atom is 0.318 e. The number of esters is 1. The van der Waals surface area contributed by atoms with Crippen molar-refractivity contribution < 1.29 is 14.3 Å². The fourth-order valence-corrected chi connectivity index (χ4v) is 4.98. The van der Waals surface area contributed by atoms with E-state index >= 15 is 0 Å². The summed E-state index contributed by atoms with van der Waals surface area (Å²) in [5.74, 6) is -0.418. The maximum absolute atomic E-state index is 13.5. The molecule has 1 heterocycles. The molecule has 1 aliphatic heterocycles. The van der Waals surface area contributed by atoms with Gasteiger partial charge in [-0.25, -0.2) is 0 Å². The highest BCUT2D eigenvalue weighted by Crippen LogP contribution is 2.49. The Balaban J connectivity index is 1.52. The zero-order valence-corrected chi connectivity index (χ0v) is 17.8. The fourth-order valence-electron chi connectivity index (χ4n) is 4.98. The molecule has 0 aromatic heterocycles. The van der Waals surface area contributed by atoms with Crippen LogP contribution in [0.3, 0.4) is 0 Å². The number of carbonyl (C=O) groups is 2. The summed E-state index contributed by atoms with van der Waals surface area (Å²) < 4.78 is 5.83. The molecule has 4 atom stereocenters. The first-order valence-corrected chi connectivity index (χ1v) is 11.5. The van der Waals surface area contributed by atoms with Crippen LogP contribution in [0.15, 0.2) is 60.7 Å². The first-order chi connectivity index (χ1) is 14.7. The smallest absolute Gasteiger partial charge is 0.318 e. The number of carbonyl (C=O) groups excluding carboxylic acids is 2. The van der Waals surface area contributed by atoms with E-state index < -0.39 is 12.0 Å². The van der Waals surface area contributed by atoms with Crippen LogP contribution in [0.4, 0.5) is 0 Å². The molecule has 4 unspecified atom stereocenters. The normalized spacial score (nSPS) is 23.2. The minimum absolute atomic E-state index is 0.0231. The van der Waals surface area contributed by atoms with Crippen molar-refractivity contribution in [1.82, 2.24) is 0 Å². The molecule has 2 fully saturated rings. The second-order valence-corrected chi connectivity index (χ2v) is 8.94. The van der Waals surface area contributed by atoms with Gasteiger partial charge in [-0.3, -0.25) is 9.59 Å². The molecule has 0 radical (unpaired) electrons. The quantitative estimate of drug-likeness (QED) is 0.375. The van der Waals surface area contributed by atoms with E-state index in [-0.39, 0.29) is 23.6 Å². The number of hydrogen-bond acceptors (Lipinski definition) is 3. The third-order valence-electron chi connectivity index (χ3n) is 6.76. The van der Waals surface area contributed by atoms with Gasteiger partial charge in [-0.2, -0.15) is 0 Å². The molecule has 0 amide bonds. The van der Waals surface area contributed by atoms with E-state index in [1.165, 1.54) is 5.56 Å². The fraction of sp³-hybridized carbons (Fsp3) is 0.481. The lowest BCUT2D eigenvalue weighted by atomic mass is 9.77. The van der Waals surface area contributed by atoms with Gasteiger partial charge in [-0.1, -0.05) is 80.4 Å². The summed E-state index contributed by atoms with van der Waals surface area (Å²) in [5, 5.41) is 0. The van der Waals surface area contributed by atoms with Crippen molar-refractivity contribution in [2.24, 2.45) is 17.8 Å². The Hall–Kier alpha value is -2.42. The minimum Gasteiger partial charge on any atom is -0.453 e. The van der Waals surface area contributed by atoms with Gasteiger partial charge in [0.2, 0.25) is 0 Å². The number of Topliss-reactive ketones (excluding diaryl/α,β-unsaturated/α-hetero) is 1. The molecule has 1 saturated heterocycles. The summed E-state index contributed by atoms with van der Waals surface area (Å²) in [7, 11) is 0. The van der Waals surface area contributed by atoms with Crippen LogP contribution in [0.2, 0.25) is 0 Å². The Labute approximate surface area is 179 Å². The van der Waals surface area contributed by atoms with E-state index in [1.807, 2.05) is 36.4 Å². The monoisotopic (exact) mass is 404 g/mol. The van der Waals surface area contributed by atoms with Gasteiger partial charge in [0.25, 0.3) is 0 Å². The molecule has 3 heteroatoms. The van der Waals surface area contributed by atoms with Crippen LogP contribution >= 0.6 is 0 Å². The van der Waals surface area contributed by atoms with Crippen molar-refractivity contribution in [1.29, 1.82) is 0 Å². The molecule has 158 valence electrons. The summed E-state index contributed by atoms with van der Waals surface area (Å²) in [6.07, 6.45) is 6.45. The molecule has 1 saturated carbocycles. The zero-order valence-electron chi connectivity index (χ0n) is 17.8.